The number of carbonyl (C=O) groups is 1. The van der Waals surface area contributed by atoms with Crippen molar-refractivity contribution < 1.29 is 17.9 Å². The SMILES string of the molecule is COc1cccc(S(=O)(=O)Nc2cc(C(=O)NCc3cccnc3)ccc2C)c1. The summed E-state index contributed by atoms with van der Waals surface area (Å²) in [6, 6.07) is 14.7. The molecule has 0 saturated carbocycles. The van der Waals surface area contributed by atoms with Crippen molar-refractivity contribution in [1.29, 1.82) is 0 Å². The van der Waals surface area contributed by atoms with Gasteiger partial charge in [-0.2, -0.15) is 0 Å². The van der Waals surface area contributed by atoms with Crippen LogP contribution < -0.4 is 14.8 Å². The zero-order chi connectivity index (χ0) is 20.9. The number of ether oxygens (including phenoxy) is 1. The summed E-state index contributed by atoms with van der Waals surface area (Å²) in [6.07, 6.45) is 3.33. The van der Waals surface area contributed by atoms with Gasteiger partial charge < -0.3 is 10.1 Å². The first kappa shape index (κ1) is 20.3. The molecule has 0 aliphatic heterocycles. The smallest absolute Gasteiger partial charge is 0.262 e. The number of aryl methyl sites for hydroxylation is 1. The molecule has 29 heavy (non-hydrogen) atoms. The number of hydrogen-bond acceptors (Lipinski definition) is 5. The van der Waals surface area contributed by atoms with Crippen molar-refractivity contribution in [3.8, 4) is 5.75 Å². The Morgan fingerprint density at radius 2 is 1.93 bits per heavy atom. The van der Waals surface area contributed by atoms with Crippen LogP contribution in [-0.2, 0) is 16.6 Å². The van der Waals surface area contributed by atoms with Crippen molar-refractivity contribution in [1.82, 2.24) is 10.3 Å². The van der Waals surface area contributed by atoms with Crippen LogP contribution in [0.15, 0.2) is 71.9 Å². The topological polar surface area (TPSA) is 97.4 Å². The first-order valence-electron chi connectivity index (χ1n) is 8.84. The van der Waals surface area contributed by atoms with Gasteiger partial charge >= 0.3 is 0 Å². The van der Waals surface area contributed by atoms with E-state index < -0.39 is 10.0 Å². The second kappa shape index (κ2) is 8.74. The Bertz CT molecular complexity index is 1120. The Labute approximate surface area is 169 Å². The molecular weight excluding hydrogens is 390 g/mol. The third-order valence-corrected chi connectivity index (χ3v) is 5.63. The van der Waals surface area contributed by atoms with Crippen LogP contribution in [0.5, 0.6) is 5.75 Å². The van der Waals surface area contributed by atoms with Gasteiger partial charge in [0.25, 0.3) is 15.9 Å². The van der Waals surface area contributed by atoms with E-state index in [2.05, 4.69) is 15.0 Å². The van der Waals surface area contributed by atoms with Crippen molar-refractivity contribution in [3.63, 3.8) is 0 Å². The van der Waals surface area contributed by atoms with Crippen molar-refractivity contribution in [2.75, 3.05) is 11.8 Å². The average Bonchev–Trinajstić information content (AvgIpc) is 2.74. The molecule has 0 bridgehead atoms. The van der Waals surface area contributed by atoms with E-state index in [-0.39, 0.29) is 10.8 Å². The second-order valence-electron chi connectivity index (χ2n) is 6.36. The van der Waals surface area contributed by atoms with Gasteiger partial charge in [0.05, 0.1) is 17.7 Å². The number of nitrogens with one attached hydrogen (secondary N) is 2. The molecule has 1 heterocycles. The number of hydrogen-bond donors (Lipinski definition) is 2. The van der Waals surface area contributed by atoms with E-state index in [1.165, 1.54) is 25.3 Å². The number of amides is 1. The summed E-state index contributed by atoms with van der Waals surface area (Å²) >= 11 is 0. The molecular formula is C21H21N3O4S. The highest BCUT2D eigenvalue weighted by molar-refractivity contribution is 7.92. The van der Waals surface area contributed by atoms with Crippen LogP contribution in [0.3, 0.4) is 0 Å². The molecule has 2 N–H and O–H groups in total. The molecule has 0 fully saturated rings. The fraction of sp³-hybridized carbons (Fsp3) is 0.143. The molecule has 0 radical (unpaired) electrons. The summed E-state index contributed by atoms with van der Waals surface area (Å²) in [4.78, 5) is 16.6. The number of pyridine rings is 1. The average molecular weight is 411 g/mol. The molecule has 3 rings (SSSR count). The van der Waals surface area contributed by atoms with Crippen molar-refractivity contribution in [2.45, 2.75) is 18.4 Å². The number of sulfonamides is 1. The highest BCUT2D eigenvalue weighted by Gasteiger charge is 2.17. The molecule has 0 atom stereocenters. The van der Waals surface area contributed by atoms with E-state index in [0.29, 0.717) is 29.1 Å². The van der Waals surface area contributed by atoms with Gasteiger partial charge in [-0.05, 0) is 48.4 Å². The molecule has 0 saturated heterocycles. The summed E-state index contributed by atoms with van der Waals surface area (Å²) in [5, 5.41) is 2.80. The number of benzene rings is 2. The van der Waals surface area contributed by atoms with Gasteiger partial charge in [-0.1, -0.05) is 18.2 Å². The number of aromatic nitrogens is 1. The lowest BCUT2D eigenvalue weighted by Crippen LogP contribution is -2.23. The molecule has 1 amide bonds. The van der Waals surface area contributed by atoms with E-state index in [9.17, 15) is 13.2 Å². The molecule has 0 aliphatic rings. The van der Waals surface area contributed by atoms with Crippen molar-refractivity contribution >= 4 is 21.6 Å². The summed E-state index contributed by atoms with van der Waals surface area (Å²) in [5.74, 6) is 0.129. The zero-order valence-corrected chi connectivity index (χ0v) is 16.9. The molecule has 0 unspecified atom stereocenters. The number of rotatable bonds is 7. The number of methoxy groups -OCH3 is 1. The summed E-state index contributed by atoms with van der Waals surface area (Å²) < 4.78 is 33.1. The highest BCUT2D eigenvalue weighted by atomic mass is 32.2. The number of anilines is 1. The lowest BCUT2D eigenvalue weighted by atomic mass is 10.1. The third kappa shape index (κ3) is 5.11. The normalized spacial score (nSPS) is 11.0. The van der Waals surface area contributed by atoms with E-state index in [0.717, 1.165) is 5.56 Å². The van der Waals surface area contributed by atoms with Gasteiger partial charge in [0.1, 0.15) is 5.75 Å². The zero-order valence-electron chi connectivity index (χ0n) is 16.0. The van der Waals surface area contributed by atoms with E-state index in [1.807, 2.05) is 6.07 Å². The fourth-order valence-electron chi connectivity index (χ4n) is 2.63. The lowest BCUT2D eigenvalue weighted by Gasteiger charge is -2.13. The van der Waals surface area contributed by atoms with Gasteiger partial charge in [-0.15, -0.1) is 0 Å². The van der Waals surface area contributed by atoms with Gasteiger partial charge in [0.15, 0.2) is 0 Å². The molecule has 8 heteroatoms. The minimum Gasteiger partial charge on any atom is -0.497 e. The maximum absolute atomic E-state index is 12.7. The Balaban J connectivity index is 1.78. The monoisotopic (exact) mass is 411 g/mol. The summed E-state index contributed by atoms with van der Waals surface area (Å²) in [6.45, 7) is 2.09. The van der Waals surface area contributed by atoms with Crippen LogP contribution in [0, 0.1) is 6.92 Å². The Morgan fingerprint density at radius 3 is 2.66 bits per heavy atom. The Kier molecular flexibility index (Phi) is 6.13. The Morgan fingerprint density at radius 1 is 1.10 bits per heavy atom. The molecule has 2 aromatic carbocycles. The van der Waals surface area contributed by atoms with Crippen LogP contribution in [0.1, 0.15) is 21.5 Å². The quantitative estimate of drug-likeness (QED) is 0.623. The van der Waals surface area contributed by atoms with Gasteiger partial charge in [0.2, 0.25) is 0 Å². The van der Waals surface area contributed by atoms with Crippen molar-refractivity contribution in [2.24, 2.45) is 0 Å². The van der Waals surface area contributed by atoms with Gasteiger partial charge in [-0.25, -0.2) is 8.42 Å². The second-order valence-corrected chi connectivity index (χ2v) is 8.04. The summed E-state index contributed by atoms with van der Waals surface area (Å²) in [5.41, 5.74) is 2.25. The number of nitrogens with zero attached hydrogens (tertiary/aromatic N) is 1. The lowest BCUT2D eigenvalue weighted by molar-refractivity contribution is 0.0951. The number of carbonyl (C=O) groups excluding carboxylic acids is 1. The van der Waals surface area contributed by atoms with Crippen LogP contribution in [-0.4, -0.2) is 26.4 Å². The standard InChI is InChI=1S/C21H21N3O4S/c1-15-8-9-17(21(25)23-14-16-5-4-10-22-13-16)11-20(15)24-29(26,27)19-7-3-6-18(12-19)28-2/h3-13,24H,14H2,1-2H3,(H,23,25). The minimum absolute atomic E-state index is 0.0719. The first-order chi connectivity index (χ1) is 13.9. The largest absolute Gasteiger partial charge is 0.497 e. The Hall–Kier alpha value is -3.39. The van der Waals surface area contributed by atoms with Gasteiger partial charge in [-0.3, -0.25) is 14.5 Å². The van der Waals surface area contributed by atoms with E-state index >= 15 is 0 Å². The minimum atomic E-state index is -3.84. The summed E-state index contributed by atoms with van der Waals surface area (Å²) in [7, 11) is -2.37. The van der Waals surface area contributed by atoms with E-state index in [4.69, 9.17) is 4.74 Å². The highest BCUT2D eigenvalue weighted by Crippen LogP contribution is 2.23. The van der Waals surface area contributed by atoms with Crippen LogP contribution in [0.2, 0.25) is 0 Å². The molecule has 0 aliphatic carbocycles. The van der Waals surface area contributed by atoms with E-state index in [1.54, 1.807) is 49.6 Å². The van der Waals surface area contributed by atoms with Crippen LogP contribution >= 0.6 is 0 Å². The fourth-order valence-corrected chi connectivity index (χ4v) is 3.79. The molecule has 150 valence electrons. The predicted molar refractivity (Wildman–Crippen MR) is 110 cm³/mol. The first-order valence-corrected chi connectivity index (χ1v) is 10.3. The maximum atomic E-state index is 12.7. The van der Waals surface area contributed by atoms with Gasteiger partial charge in [0, 0.05) is 30.6 Å². The van der Waals surface area contributed by atoms with Crippen LogP contribution in [0.4, 0.5) is 5.69 Å². The maximum Gasteiger partial charge on any atom is 0.262 e. The van der Waals surface area contributed by atoms with Crippen molar-refractivity contribution in [3.05, 3.63) is 83.7 Å². The molecule has 3 aromatic rings. The predicted octanol–water partition coefficient (Wildman–Crippen LogP) is 3.13. The molecule has 7 nitrogen and oxygen atoms in total. The third-order valence-electron chi connectivity index (χ3n) is 4.27. The van der Waals surface area contributed by atoms with Crippen LogP contribution in [0.25, 0.3) is 0 Å². The molecule has 0 spiro atoms. The molecule has 1 aromatic heterocycles.